The molecule has 1 aromatic carbocycles. The monoisotopic (exact) mass is 338 g/mol. The molecule has 6 nitrogen and oxygen atoms in total. The molecule has 1 N–H and O–H groups in total. The maximum atomic E-state index is 12.2. The predicted molar refractivity (Wildman–Crippen MR) is 89.4 cm³/mol. The zero-order chi connectivity index (χ0) is 16.8. The van der Waals surface area contributed by atoms with Crippen LogP contribution in [0.25, 0.3) is 0 Å². The van der Waals surface area contributed by atoms with E-state index in [4.69, 9.17) is 9.47 Å². The number of ether oxygens (including phenoxy) is 2. The molecular formula is C16H22N2O4S. The lowest BCUT2D eigenvalue weighted by Crippen LogP contribution is -2.47. The molecule has 0 radical (unpaired) electrons. The second-order valence-electron chi connectivity index (χ2n) is 5.20. The summed E-state index contributed by atoms with van der Waals surface area (Å²) in [7, 11) is 3.19. The minimum Gasteiger partial charge on any atom is -0.497 e. The normalized spacial score (nSPS) is 18.8. The van der Waals surface area contributed by atoms with Crippen LogP contribution in [0.2, 0.25) is 0 Å². The second kappa shape index (κ2) is 8.21. The van der Waals surface area contributed by atoms with Gasteiger partial charge in [0.05, 0.1) is 19.5 Å². The van der Waals surface area contributed by atoms with E-state index < -0.39 is 6.04 Å². The smallest absolute Gasteiger partial charge is 0.242 e. The van der Waals surface area contributed by atoms with Crippen LogP contribution in [-0.4, -0.2) is 55.9 Å². The summed E-state index contributed by atoms with van der Waals surface area (Å²) in [5, 5.41) is 2.63. The highest BCUT2D eigenvalue weighted by Crippen LogP contribution is 2.40. The summed E-state index contributed by atoms with van der Waals surface area (Å²) >= 11 is 1.53. The molecule has 2 amide bonds. The first kappa shape index (κ1) is 17.6. The average molecular weight is 338 g/mol. The van der Waals surface area contributed by atoms with Crippen molar-refractivity contribution < 1.29 is 19.1 Å². The molecule has 2 atom stereocenters. The number of amides is 2. The predicted octanol–water partition coefficient (Wildman–Crippen LogP) is 1.42. The number of rotatable bonds is 7. The Morgan fingerprint density at radius 1 is 1.39 bits per heavy atom. The maximum Gasteiger partial charge on any atom is 0.242 e. The molecule has 23 heavy (non-hydrogen) atoms. The first-order valence-corrected chi connectivity index (χ1v) is 8.46. The molecule has 2 rings (SSSR count). The van der Waals surface area contributed by atoms with Crippen LogP contribution in [0.3, 0.4) is 0 Å². The van der Waals surface area contributed by atoms with Gasteiger partial charge in [-0.15, -0.1) is 11.8 Å². The third-order valence-corrected chi connectivity index (χ3v) is 4.94. The van der Waals surface area contributed by atoms with E-state index in [9.17, 15) is 9.59 Å². The van der Waals surface area contributed by atoms with Gasteiger partial charge in [-0.1, -0.05) is 12.1 Å². The van der Waals surface area contributed by atoms with E-state index in [1.807, 2.05) is 24.3 Å². The van der Waals surface area contributed by atoms with Crippen molar-refractivity contribution in [3.05, 3.63) is 29.8 Å². The summed E-state index contributed by atoms with van der Waals surface area (Å²) in [4.78, 5) is 26.1. The lowest BCUT2D eigenvalue weighted by molar-refractivity contribution is -0.137. The van der Waals surface area contributed by atoms with Crippen LogP contribution in [0.15, 0.2) is 24.3 Å². The van der Waals surface area contributed by atoms with Gasteiger partial charge in [-0.05, 0) is 24.6 Å². The van der Waals surface area contributed by atoms with Crippen LogP contribution in [0.4, 0.5) is 0 Å². The lowest BCUT2D eigenvalue weighted by atomic mass is 10.1. The fraction of sp³-hybridized carbons (Fsp3) is 0.500. The molecule has 1 aliphatic rings. The highest BCUT2D eigenvalue weighted by atomic mass is 32.2. The van der Waals surface area contributed by atoms with Crippen molar-refractivity contribution in [1.82, 2.24) is 10.2 Å². The van der Waals surface area contributed by atoms with E-state index in [0.29, 0.717) is 18.9 Å². The van der Waals surface area contributed by atoms with Gasteiger partial charge in [0.1, 0.15) is 17.2 Å². The van der Waals surface area contributed by atoms with Gasteiger partial charge in [-0.2, -0.15) is 0 Å². The Morgan fingerprint density at radius 2 is 2.09 bits per heavy atom. The molecule has 126 valence electrons. The Labute approximate surface area is 140 Å². The van der Waals surface area contributed by atoms with E-state index in [1.54, 1.807) is 26.0 Å². The van der Waals surface area contributed by atoms with Gasteiger partial charge in [-0.25, -0.2) is 0 Å². The first-order valence-electron chi connectivity index (χ1n) is 7.42. The Hall–Kier alpha value is -1.73. The molecule has 0 aromatic heterocycles. The van der Waals surface area contributed by atoms with Gasteiger partial charge < -0.3 is 19.7 Å². The lowest BCUT2D eigenvalue weighted by Gasteiger charge is -2.29. The molecule has 1 heterocycles. The van der Waals surface area contributed by atoms with Crippen molar-refractivity contribution in [1.29, 1.82) is 0 Å². The van der Waals surface area contributed by atoms with Crippen LogP contribution in [0.5, 0.6) is 5.75 Å². The minimum absolute atomic E-state index is 0.0230. The van der Waals surface area contributed by atoms with Crippen LogP contribution in [0.1, 0.15) is 17.9 Å². The third kappa shape index (κ3) is 4.17. The van der Waals surface area contributed by atoms with Gasteiger partial charge in [0.25, 0.3) is 0 Å². The molecule has 7 heteroatoms. The van der Waals surface area contributed by atoms with Crippen molar-refractivity contribution >= 4 is 23.6 Å². The highest BCUT2D eigenvalue weighted by Gasteiger charge is 2.38. The molecule has 0 saturated carbocycles. The molecule has 0 aliphatic carbocycles. The quantitative estimate of drug-likeness (QED) is 0.762. The number of methoxy groups -OCH3 is 2. The SMILES string of the molecule is COCCNC(=O)[C@H](C)N1C(=O)CS[C@@H]1c1ccc(OC)cc1. The van der Waals surface area contributed by atoms with E-state index in [1.165, 1.54) is 11.8 Å². The van der Waals surface area contributed by atoms with Gasteiger partial charge >= 0.3 is 0 Å². The number of benzene rings is 1. The molecule has 0 bridgehead atoms. The first-order chi connectivity index (χ1) is 11.1. The van der Waals surface area contributed by atoms with Gasteiger partial charge in [-0.3, -0.25) is 9.59 Å². The molecule has 1 aliphatic heterocycles. The van der Waals surface area contributed by atoms with Crippen LogP contribution in [0, 0.1) is 0 Å². The number of thioether (sulfide) groups is 1. The number of hydrogen-bond acceptors (Lipinski definition) is 5. The zero-order valence-electron chi connectivity index (χ0n) is 13.6. The third-order valence-electron chi connectivity index (χ3n) is 3.71. The van der Waals surface area contributed by atoms with Crippen molar-refractivity contribution in [2.75, 3.05) is 33.1 Å². The van der Waals surface area contributed by atoms with Crippen molar-refractivity contribution in [3.63, 3.8) is 0 Å². The average Bonchev–Trinajstić information content (AvgIpc) is 2.96. The Bertz CT molecular complexity index is 550. The standard InChI is InChI=1S/C16H22N2O4S/c1-11(15(20)17-8-9-21-2)18-14(19)10-23-16(18)12-4-6-13(22-3)7-5-12/h4-7,11,16H,8-10H2,1-3H3,(H,17,20)/t11-,16+/m0/s1. The largest absolute Gasteiger partial charge is 0.497 e. The molecule has 1 fully saturated rings. The van der Waals surface area contributed by atoms with E-state index in [0.717, 1.165) is 11.3 Å². The van der Waals surface area contributed by atoms with Gasteiger partial charge in [0.2, 0.25) is 11.8 Å². The van der Waals surface area contributed by atoms with Crippen molar-refractivity contribution in [3.8, 4) is 5.75 Å². The summed E-state index contributed by atoms with van der Waals surface area (Å²) in [5.41, 5.74) is 0.984. The number of carbonyl (C=O) groups is 2. The van der Waals surface area contributed by atoms with Crippen molar-refractivity contribution in [2.45, 2.75) is 18.3 Å². The topological polar surface area (TPSA) is 67.9 Å². The zero-order valence-corrected chi connectivity index (χ0v) is 14.4. The fourth-order valence-corrected chi connectivity index (χ4v) is 3.69. The summed E-state index contributed by atoms with van der Waals surface area (Å²) in [6, 6.07) is 7.05. The molecule has 1 aromatic rings. The molecular weight excluding hydrogens is 316 g/mol. The Kier molecular flexibility index (Phi) is 6.29. The molecule has 0 spiro atoms. The summed E-state index contributed by atoms with van der Waals surface area (Å²) in [6.07, 6.45) is 0. The van der Waals surface area contributed by atoms with E-state index >= 15 is 0 Å². The fourth-order valence-electron chi connectivity index (χ4n) is 2.43. The number of carbonyl (C=O) groups excluding carboxylic acids is 2. The molecule has 1 saturated heterocycles. The van der Waals surface area contributed by atoms with Gasteiger partial charge in [0, 0.05) is 13.7 Å². The number of hydrogen-bond donors (Lipinski definition) is 1. The van der Waals surface area contributed by atoms with Crippen LogP contribution < -0.4 is 10.1 Å². The van der Waals surface area contributed by atoms with E-state index in [2.05, 4.69) is 5.32 Å². The van der Waals surface area contributed by atoms with Crippen LogP contribution >= 0.6 is 11.8 Å². The summed E-state index contributed by atoms with van der Waals surface area (Å²) < 4.78 is 10.1. The Balaban J connectivity index is 2.10. The highest BCUT2D eigenvalue weighted by molar-refractivity contribution is 8.00. The number of nitrogens with one attached hydrogen (secondary N) is 1. The summed E-state index contributed by atoms with van der Waals surface area (Å²) in [6.45, 7) is 2.63. The van der Waals surface area contributed by atoms with Gasteiger partial charge in [0.15, 0.2) is 0 Å². The Morgan fingerprint density at radius 3 is 2.70 bits per heavy atom. The minimum atomic E-state index is -0.526. The van der Waals surface area contributed by atoms with E-state index in [-0.39, 0.29) is 17.2 Å². The van der Waals surface area contributed by atoms with Crippen LogP contribution in [-0.2, 0) is 14.3 Å². The van der Waals surface area contributed by atoms with Crippen molar-refractivity contribution in [2.24, 2.45) is 0 Å². The number of nitrogens with zero attached hydrogens (tertiary/aromatic N) is 1. The maximum absolute atomic E-state index is 12.2. The summed E-state index contributed by atoms with van der Waals surface area (Å²) in [5.74, 6) is 0.952. The molecule has 0 unspecified atom stereocenters. The second-order valence-corrected chi connectivity index (χ2v) is 6.27.